The number of carboxylic acids is 1. The Kier molecular flexibility index (Phi) is 10.8. The molecule has 2 N–H and O–H groups in total. The summed E-state index contributed by atoms with van der Waals surface area (Å²) >= 11 is 0. The largest absolute Gasteiger partial charge is 0.481 e. The molecule has 0 saturated heterocycles. The maximum absolute atomic E-state index is 12.8. The Morgan fingerprint density at radius 3 is 2.17 bits per heavy atom. The molecule has 0 amide bonds. The first-order valence-corrected chi connectivity index (χ1v) is 12.3. The smallest absolute Gasteiger partial charge is 0.305 e. The van der Waals surface area contributed by atoms with E-state index in [2.05, 4.69) is 11.6 Å². The van der Waals surface area contributed by atoms with Gasteiger partial charge in [-0.3, -0.25) is 9.10 Å². The summed E-state index contributed by atoms with van der Waals surface area (Å²) < 4.78 is 29.8. The van der Waals surface area contributed by atoms with Crippen LogP contribution in [0, 0.1) is 0 Å². The quantitative estimate of drug-likeness (QED) is 0.322. The molecule has 0 aromatic heterocycles. The van der Waals surface area contributed by atoms with E-state index in [0.717, 1.165) is 12.8 Å². The highest BCUT2D eigenvalue weighted by Gasteiger charge is 2.28. The SMILES string of the molecule is CCCCCCCCc1ccc(N(C)S(=O)(=O)NC(CC(=O)O)C[N+](C)(C)C)cc1. The number of rotatable bonds is 15. The number of unbranched alkanes of at least 4 members (excludes halogenated alkanes) is 5. The van der Waals surface area contributed by atoms with E-state index in [1.807, 2.05) is 33.3 Å². The van der Waals surface area contributed by atoms with Crippen molar-refractivity contribution in [1.82, 2.24) is 4.72 Å². The van der Waals surface area contributed by atoms with Gasteiger partial charge in [-0.2, -0.15) is 13.1 Å². The number of likely N-dealkylation sites (N-methyl/N-ethyl adjacent to an activating group) is 1. The van der Waals surface area contributed by atoms with Gasteiger partial charge in [0.1, 0.15) is 0 Å². The minimum absolute atomic E-state index is 0.264. The normalized spacial score (nSPS) is 13.2. The molecule has 0 aliphatic heterocycles. The first-order chi connectivity index (χ1) is 13.9. The van der Waals surface area contributed by atoms with E-state index in [-0.39, 0.29) is 6.42 Å². The molecule has 1 unspecified atom stereocenters. The van der Waals surface area contributed by atoms with Gasteiger partial charge >= 0.3 is 16.2 Å². The maximum atomic E-state index is 12.8. The van der Waals surface area contributed by atoms with Gasteiger partial charge in [-0.25, -0.2) is 0 Å². The zero-order valence-electron chi connectivity index (χ0n) is 19.2. The summed E-state index contributed by atoms with van der Waals surface area (Å²) in [4.78, 5) is 11.2. The minimum Gasteiger partial charge on any atom is -0.481 e. The lowest BCUT2D eigenvalue weighted by Crippen LogP contribution is -2.52. The summed E-state index contributed by atoms with van der Waals surface area (Å²) in [6, 6.07) is 6.85. The molecule has 1 atom stereocenters. The van der Waals surface area contributed by atoms with Crippen LogP contribution in [0.2, 0.25) is 0 Å². The first kappa shape index (κ1) is 26.4. The summed E-state index contributed by atoms with van der Waals surface area (Å²) in [7, 11) is 3.31. The van der Waals surface area contributed by atoms with Crippen molar-refractivity contribution < 1.29 is 22.8 Å². The van der Waals surface area contributed by atoms with E-state index in [1.165, 1.54) is 49.0 Å². The third kappa shape index (κ3) is 10.4. The number of hydrogen-bond donors (Lipinski definition) is 2. The van der Waals surface area contributed by atoms with Crippen molar-refractivity contribution in [2.45, 2.75) is 64.3 Å². The number of nitrogens with one attached hydrogen (secondary N) is 1. The number of benzene rings is 1. The monoisotopic (exact) mass is 442 g/mol. The number of quaternary nitrogens is 1. The Hall–Kier alpha value is -1.64. The lowest BCUT2D eigenvalue weighted by atomic mass is 10.0. The maximum Gasteiger partial charge on any atom is 0.305 e. The van der Waals surface area contributed by atoms with E-state index >= 15 is 0 Å². The number of anilines is 1. The van der Waals surface area contributed by atoms with Crippen molar-refractivity contribution in [1.29, 1.82) is 0 Å². The summed E-state index contributed by atoms with van der Waals surface area (Å²) in [6.07, 6.45) is 8.19. The fourth-order valence-electron chi connectivity index (χ4n) is 3.43. The first-order valence-electron chi connectivity index (χ1n) is 10.8. The highest BCUT2D eigenvalue weighted by molar-refractivity contribution is 7.90. The molecule has 30 heavy (non-hydrogen) atoms. The van der Waals surface area contributed by atoms with Crippen molar-refractivity contribution in [2.24, 2.45) is 0 Å². The average molecular weight is 443 g/mol. The van der Waals surface area contributed by atoms with Crippen LogP contribution in [-0.2, 0) is 21.4 Å². The summed E-state index contributed by atoms with van der Waals surface area (Å²) in [6.45, 7) is 2.58. The Morgan fingerprint density at radius 1 is 1.07 bits per heavy atom. The predicted octanol–water partition coefficient (Wildman–Crippen LogP) is 3.41. The van der Waals surface area contributed by atoms with Gasteiger partial charge in [0.25, 0.3) is 0 Å². The molecule has 172 valence electrons. The molecule has 0 aliphatic rings. The topological polar surface area (TPSA) is 86.7 Å². The summed E-state index contributed by atoms with van der Waals surface area (Å²) in [5, 5.41) is 9.14. The molecule has 0 heterocycles. The number of carbonyl (C=O) groups is 1. The Bertz CT molecular complexity index is 743. The highest BCUT2D eigenvalue weighted by Crippen LogP contribution is 2.19. The van der Waals surface area contributed by atoms with Gasteiger partial charge in [0.05, 0.1) is 45.8 Å². The molecule has 0 fully saturated rings. The standard InChI is InChI=1S/C22H39N3O4S/c1-6-7-8-9-10-11-12-19-13-15-21(16-14-19)24(2)30(28,29)23-20(17-22(26)27)18-25(3,4)5/h13-16,20,23H,6-12,17-18H2,1-5H3/p+1. The molecular formula is C22H40N3O4S+. The second kappa shape index (κ2) is 12.3. The number of nitrogens with zero attached hydrogens (tertiary/aromatic N) is 2. The van der Waals surface area contributed by atoms with Crippen molar-refractivity contribution in [3.05, 3.63) is 29.8 Å². The lowest BCUT2D eigenvalue weighted by Gasteiger charge is -2.30. The van der Waals surface area contributed by atoms with Crippen LogP contribution in [0.25, 0.3) is 0 Å². The number of carboxylic acid groups (broad SMARTS) is 1. The van der Waals surface area contributed by atoms with Gasteiger partial charge in [0.2, 0.25) is 0 Å². The zero-order chi connectivity index (χ0) is 22.8. The van der Waals surface area contributed by atoms with Gasteiger partial charge in [0.15, 0.2) is 0 Å². The molecule has 0 radical (unpaired) electrons. The van der Waals surface area contributed by atoms with Crippen molar-refractivity contribution >= 4 is 21.9 Å². The van der Waals surface area contributed by atoms with Crippen LogP contribution < -0.4 is 9.03 Å². The third-order valence-electron chi connectivity index (χ3n) is 4.98. The molecule has 0 aliphatic carbocycles. The van der Waals surface area contributed by atoms with Crippen LogP contribution in [0.3, 0.4) is 0 Å². The fraction of sp³-hybridized carbons (Fsp3) is 0.682. The second-order valence-electron chi connectivity index (χ2n) is 9.04. The molecule has 1 aromatic rings. The minimum atomic E-state index is -3.86. The number of aryl methyl sites for hydroxylation is 1. The van der Waals surface area contributed by atoms with Crippen LogP contribution in [-0.4, -0.2) is 64.8 Å². The van der Waals surface area contributed by atoms with Crippen LogP contribution in [0.1, 0.15) is 57.4 Å². The van der Waals surface area contributed by atoms with Crippen molar-refractivity contribution in [3.8, 4) is 0 Å². The molecular weight excluding hydrogens is 402 g/mol. The van der Waals surface area contributed by atoms with Gasteiger partial charge in [-0.05, 0) is 30.5 Å². The Morgan fingerprint density at radius 2 is 1.63 bits per heavy atom. The van der Waals surface area contributed by atoms with Gasteiger partial charge in [-0.1, -0.05) is 51.2 Å². The molecule has 7 nitrogen and oxygen atoms in total. The van der Waals surface area contributed by atoms with E-state index in [4.69, 9.17) is 5.11 Å². The lowest BCUT2D eigenvalue weighted by molar-refractivity contribution is -0.871. The van der Waals surface area contributed by atoms with E-state index in [9.17, 15) is 13.2 Å². The average Bonchev–Trinajstić information content (AvgIpc) is 2.62. The summed E-state index contributed by atoms with van der Waals surface area (Å²) in [5.41, 5.74) is 1.75. The van der Waals surface area contributed by atoms with Crippen molar-refractivity contribution in [2.75, 3.05) is 39.0 Å². The molecule has 0 saturated carbocycles. The Balaban J connectivity index is 2.70. The van der Waals surface area contributed by atoms with Crippen LogP contribution in [0.15, 0.2) is 24.3 Å². The molecule has 0 bridgehead atoms. The predicted molar refractivity (Wildman–Crippen MR) is 123 cm³/mol. The molecule has 0 spiro atoms. The molecule has 1 rings (SSSR count). The molecule has 8 heteroatoms. The van der Waals surface area contributed by atoms with E-state index in [1.54, 1.807) is 12.1 Å². The van der Waals surface area contributed by atoms with Crippen molar-refractivity contribution in [3.63, 3.8) is 0 Å². The van der Waals surface area contributed by atoms with Gasteiger partial charge in [0, 0.05) is 7.05 Å². The second-order valence-corrected chi connectivity index (χ2v) is 10.8. The van der Waals surface area contributed by atoms with E-state index in [0.29, 0.717) is 16.7 Å². The Labute approximate surface area is 182 Å². The fourth-order valence-corrected chi connectivity index (χ4v) is 4.56. The highest BCUT2D eigenvalue weighted by atomic mass is 32.2. The summed E-state index contributed by atoms with van der Waals surface area (Å²) in [5.74, 6) is -1.03. The van der Waals surface area contributed by atoms with Gasteiger partial charge < -0.3 is 9.59 Å². The van der Waals surface area contributed by atoms with E-state index < -0.39 is 22.2 Å². The number of hydrogen-bond acceptors (Lipinski definition) is 3. The van der Waals surface area contributed by atoms with Crippen LogP contribution in [0.5, 0.6) is 0 Å². The van der Waals surface area contributed by atoms with Crippen LogP contribution >= 0.6 is 0 Å². The van der Waals surface area contributed by atoms with Gasteiger partial charge in [-0.15, -0.1) is 0 Å². The number of aliphatic carboxylic acids is 1. The zero-order valence-corrected chi connectivity index (χ0v) is 20.0. The third-order valence-corrected chi connectivity index (χ3v) is 6.55. The van der Waals surface area contributed by atoms with Crippen LogP contribution in [0.4, 0.5) is 5.69 Å². The molecule has 1 aromatic carbocycles.